The molecule has 1 atom stereocenters. The van der Waals surface area contributed by atoms with E-state index in [0.29, 0.717) is 12.0 Å². The lowest BCUT2D eigenvalue weighted by Gasteiger charge is -2.20. The highest BCUT2D eigenvalue weighted by molar-refractivity contribution is 5.53. The minimum absolute atomic E-state index is 0.333. The molecule has 1 aliphatic heterocycles. The van der Waals surface area contributed by atoms with Crippen LogP contribution in [0.4, 0.5) is 11.4 Å². The molecular formula is C20H26N2O. The molecule has 2 aromatic rings. The number of rotatable bonds is 6. The number of benzene rings is 2. The number of nitrogen functional groups attached to an aromatic ring is 2. The summed E-state index contributed by atoms with van der Waals surface area (Å²) >= 11 is 0. The van der Waals surface area contributed by atoms with E-state index in [4.69, 9.17) is 16.2 Å². The zero-order valence-electron chi connectivity index (χ0n) is 14.0. The highest BCUT2D eigenvalue weighted by Gasteiger charge is 2.28. The minimum atomic E-state index is 0.333. The third kappa shape index (κ3) is 3.50. The molecule has 4 N–H and O–H groups in total. The maximum Gasteiger partial charge on any atom is 0.0819 e. The summed E-state index contributed by atoms with van der Waals surface area (Å²) in [7, 11) is 0. The Hall–Kier alpha value is -2.00. The number of hydrogen-bond donors (Lipinski definition) is 2. The summed E-state index contributed by atoms with van der Waals surface area (Å²) in [5.74, 6) is 0.333. The predicted octanol–water partition coefficient (Wildman–Crippen LogP) is 3.90. The number of hydrogen-bond acceptors (Lipinski definition) is 3. The van der Waals surface area contributed by atoms with Crippen LogP contribution >= 0.6 is 0 Å². The summed E-state index contributed by atoms with van der Waals surface area (Å²) in [6.45, 7) is 5.17. The van der Waals surface area contributed by atoms with E-state index in [9.17, 15) is 0 Å². The molecule has 122 valence electrons. The second kappa shape index (κ2) is 6.63. The van der Waals surface area contributed by atoms with E-state index in [1.54, 1.807) is 0 Å². The Balaban J connectivity index is 2.00. The zero-order valence-corrected chi connectivity index (χ0v) is 14.0. The van der Waals surface area contributed by atoms with Gasteiger partial charge in [0.2, 0.25) is 0 Å². The minimum Gasteiger partial charge on any atom is -0.399 e. The lowest BCUT2D eigenvalue weighted by atomic mass is 9.85. The standard InChI is InChI=1S/C20H26N2O/c1-3-13-9-15(5-7-19(13)21)18(11-17-12-23-17)16-6-8-20(22)14(4-2)10-16/h5-10,17-18H,3-4,11-12,21-22H2,1-2H3. The van der Waals surface area contributed by atoms with Gasteiger partial charge < -0.3 is 16.2 Å². The van der Waals surface area contributed by atoms with E-state index in [2.05, 4.69) is 38.1 Å². The number of nitrogens with two attached hydrogens (primary N) is 2. The van der Waals surface area contributed by atoms with Gasteiger partial charge >= 0.3 is 0 Å². The Morgan fingerprint density at radius 1 is 0.957 bits per heavy atom. The molecule has 3 nitrogen and oxygen atoms in total. The highest BCUT2D eigenvalue weighted by atomic mass is 16.6. The molecule has 1 saturated heterocycles. The van der Waals surface area contributed by atoms with Crippen LogP contribution in [0.2, 0.25) is 0 Å². The number of ether oxygens (including phenoxy) is 1. The van der Waals surface area contributed by atoms with Gasteiger partial charge in [-0.1, -0.05) is 38.1 Å². The topological polar surface area (TPSA) is 64.6 Å². The van der Waals surface area contributed by atoms with Crippen LogP contribution in [0.1, 0.15) is 48.4 Å². The van der Waals surface area contributed by atoms with Crippen molar-refractivity contribution in [2.45, 2.75) is 45.1 Å². The van der Waals surface area contributed by atoms with E-state index in [1.165, 1.54) is 22.3 Å². The number of epoxide rings is 1. The molecule has 1 heterocycles. The Kier molecular flexibility index (Phi) is 4.58. The van der Waals surface area contributed by atoms with E-state index in [0.717, 1.165) is 37.2 Å². The predicted molar refractivity (Wildman–Crippen MR) is 96.7 cm³/mol. The molecule has 1 aliphatic rings. The van der Waals surface area contributed by atoms with Crippen molar-refractivity contribution >= 4 is 11.4 Å². The van der Waals surface area contributed by atoms with Gasteiger partial charge in [-0.15, -0.1) is 0 Å². The van der Waals surface area contributed by atoms with E-state index in [-0.39, 0.29) is 0 Å². The van der Waals surface area contributed by atoms with Crippen molar-refractivity contribution in [3.8, 4) is 0 Å². The Morgan fingerprint density at radius 3 is 1.83 bits per heavy atom. The van der Waals surface area contributed by atoms with E-state index >= 15 is 0 Å². The fourth-order valence-electron chi connectivity index (χ4n) is 3.23. The Labute approximate surface area is 138 Å². The van der Waals surface area contributed by atoms with Crippen molar-refractivity contribution in [3.63, 3.8) is 0 Å². The molecule has 0 radical (unpaired) electrons. The summed E-state index contributed by atoms with van der Waals surface area (Å²) in [5, 5.41) is 0. The smallest absolute Gasteiger partial charge is 0.0819 e. The molecule has 0 aromatic heterocycles. The summed E-state index contributed by atoms with van der Waals surface area (Å²) in [6, 6.07) is 12.9. The highest BCUT2D eigenvalue weighted by Crippen LogP contribution is 2.35. The van der Waals surface area contributed by atoms with Gasteiger partial charge in [0.15, 0.2) is 0 Å². The zero-order chi connectivity index (χ0) is 16.4. The fraction of sp³-hybridized carbons (Fsp3) is 0.400. The van der Waals surface area contributed by atoms with Gasteiger partial charge in [0, 0.05) is 17.3 Å². The summed E-state index contributed by atoms with van der Waals surface area (Å²) in [6.07, 6.45) is 3.30. The number of anilines is 2. The summed E-state index contributed by atoms with van der Waals surface area (Å²) in [4.78, 5) is 0. The van der Waals surface area contributed by atoms with Gasteiger partial charge in [0.1, 0.15) is 0 Å². The molecule has 0 bridgehead atoms. The quantitative estimate of drug-likeness (QED) is 0.628. The second-order valence-corrected chi connectivity index (χ2v) is 6.37. The monoisotopic (exact) mass is 310 g/mol. The van der Waals surface area contributed by atoms with Gasteiger partial charge in [0.25, 0.3) is 0 Å². The lowest BCUT2D eigenvalue weighted by molar-refractivity contribution is 0.388. The molecule has 0 aliphatic carbocycles. The van der Waals surface area contributed by atoms with Gasteiger partial charge in [0.05, 0.1) is 12.7 Å². The molecule has 1 unspecified atom stereocenters. The second-order valence-electron chi connectivity index (χ2n) is 6.37. The van der Waals surface area contributed by atoms with Crippen molar-refractivity contribution in [2.24, 2.45) is 0 Å². The third-order valence-corrected chi connectivity index (χ3v) is 4.80. The fourth-order valence-corrected chi connectivity index (χ4v) is 3.23. The SMILES string of the molecule is CCc1cc(C(CC2CO2)c2ccc(N)c(CC)c2)ccc1N. The van der Waals surface area contributed by atoms with Crippen LogP contribution < -0.4 is 11.5 Å². The first kappa shape index (κ1) is 15.9. The van der Waals surface area contributed by atoms with Crippen LogP contribution in [0, 0.1) is 0 Å². The van der Waals surface area contributed by atoms with Crippen molar-refractivity contribution < 1.29 is 4.74 Å². The third-order valence-electron chi connectivity index (χ3n) is 4.80. The molecular weight excluding hydrogens is 284 g/mol. The first-order chi connectivity index (χ1) is 11.1. The first-order valence-electron chi connectivity index (χ1n) is 8.50. The molecule has 0 amide bonds. The molecule has 0 spiro atoms. The molecule has 3 heteroatoms. The van der Waals surface area contributed by atoms with E-state index in [1.807, 2.05) is 12.1 Å². The molecule has 3 rings (SSSR count). The van der Waals surface area contributed by atoms with Crippen LogP contribution in [0.25, 0.3) is 0 Å². The maximum absolute atomic E-state index is 6.08. The van der Waals surface area contributed by atoms with Crippen molar-refractivity contribution in [1.82, 2.24) is 0 Å². The van der Waals surface area contributed by atoms with E-state index < -0.39 is 0 Å². The maximum atomic E-state index is 6.08. The largest absolute Gasteiger partial charge is 0.399 e. The number of aryl methyl sites for hydroxylation is 2. The van der Waals surface area contributed by atoms with Crippen LogP contribution in [-0.2, 0) is 17.6 Å². The Morgan fingerprint density at radius 2 is 1.43 bits per heavy atom. The average molecular weight is 310 g/mol. The van der Waals surface area contributed by atoms with Crippen LogP contribution in [-0.4, -0.2) is 12.7 Å². The normalized spacial score (nSPS) is 16.7. The van der Waals surface area contributed by atoms with Crippen LogP contribution in [0.3, 0.4) is 0 Å². The van der Waals surface area contributed by atoms with Crippen molar-refractivity contribution in [1.29, 1.82) is 0 Å². The van der Waals surface area contributed by atoms with Crippen LogP contribution in [0.15, 0.2) is 36.4 Å². The summed E-state index contributed by atoms with van der Waals surface area (Å²) < 4.78 is 5.49. The average Bonchev–Trinajstić information content (AvgIpc) is 3.38. The Bertz CT molecular complexity index is 639. The van der Waals surface area contributed by atoms with Crippen molar-refractivity contribution in [2.75, 3.05) is 18.1 Å². The first-order valence-corrected chi connectivity index (χ1v) is 8.50. The van der Waals surface area contributed by atoms with Gasteiger partial charge in [-0.05, 0) is 53.6 Å². The van der Waals surface area contributed by atoms with Crippen LogP contribution in [0.5, 0.6) is 0 Å². The van der Waals surface area contributed by atoms with Gasteiger partial charge in [-0.25, -0.2) is 0 Å². The lowest BCUT2D eigenvalue weighted by Crippen LogP contribution is -2.07. The molecule has 23 heavy (non-hydrogen) atoms. The molecule has 2 aromatic carbocycles. The molecule has 0 saturated carbocycles. The van der Waals surface area contributed by atoms with Gasteiger partial charge in [-0.3, -0.25) is 0 Å². The van der Waals surface area contributed by atoms with Crippen molar-refractivity contribution in [3.05, 3.63) is 58.7 Å². The van der Waals surface area contributed by atoms with Gasteiger partial charge in [-0.2, -0.15) is 0 Å². The summed E-state index contributed by atoms with van der Waals surface area (Å²) in [5.41, 5.74) is 19.0. The molecule has 1 fully saturated rings.